The first-order valence-corrected chi connectivity index (χ1v) is 10.8. The maximum atomic E-state index is 10.6. The van der Waals surface area contributed by atoms with Gasteiger partial charge in [0, 0.05) is 12.3 Å². The summed E-state index contributed by atoms with van der Waals surface area (Å²) in [4.78, 5) is 10.6. The van der Waals surface area contributed by atoms with E-state index in [-0.39, 0.29) is 18.4 Å². The largest absolute Gasteiger partial charge is 0.481 e. The van der Waals surface area contributed by atoms with Crippen LogP contribution in [0.1, 0.15) is 84.5 Å². The fraction of sp³-hybridized carbons (Fsp3) is 0.783. The zero-order valence-corrected chi connectivity index (χ0v) is 17.1. The molecule has 0 saturated heterocycles. The van der Waals surface area contributed by atoms with Crippen molar-refractivity contribution < 1.29 is 20.1 Å². The molecule has 2 aliphatic carbocycles. The average Bonchev–Trinajstić information content (AvgIpc) is 3.09. The van der Waals surface area contributed by atoms with E-state index < -0.39 is 11.6 Å². The van der Waals surface area contributed by atoms with E-state index in [9.17, 15) is 15.0 Å². The van der Waals surface area contributed by atoms with Crippen LogP contribution in [0.5, 0.6) is 0 Å². The van der Waals surface area contributed by atoms with Crippen LogP contribution >= 0.6 is 0 Å². The Morgan fingerprint density at radius 3 is 2.78 bits per heavy atom. The lowest BCUT2D eigenvalue weighted by Crippen LogP contribution is -2.23. The summed E-state index contributed by atoms with van der Waals surface area (Å²) in [5.74, 6) is 0.380. The molecule has 0 aromatic heterocycles. The van der Waals surface area contributed by atoms with Crippen LogP contribution in [0.4, 0.5) is 0 Å². The molecule has 0 aliphatic heterocycles. The molecule has 0 radical (unpaired) electrons. The highest BCUT2D eigenvalue weighted by atomic mass is 16.4. The highest BCUT2D eigenvalue weighted by Crippen LogP contribution is 2.48. The standard InChI is InChI=1S/C23H38O4/c1-3-4-7-12-23(2,27)13-8-10-19-20-15-17(9-5-6-11-22(25)26)14-18(20)16-21(19)24/h8,10,14,18-21,24,27H,3-7,9,11-13,15-16H2,1-2H3,(H,25,26)/b10-8+/t18-,19-,20-,21-,23?/m0/s1. The Hall–Kier alpha value is -1.13. The number of allylic oxidation sites excluding steroid dienone is 2. The molecule has 2 rings (SSSR count). The van der Waals surface area contributed by atoms with Gasteiger partial charge in [-0.15, -0.1) is 0 Å². The van der Waals surface area contributed by atoms with Crippen LogP contribution in [0.15, 0.2) is 23.8 Å². The molecular formula is C23H38O4. The molecule has 0 aromatic carbocycles. The first-order chi connectivity index (χ1) is 12.8. The number of unbranched alkanes of at least 4 members (excludes halogenated alkanes) is 3. The van der Waals surface area contributed by atoms with E-state index in [1.54, 1.807) is 0 Å². The van der Waals surface area contributed by atoms with E-state index in [1.807, 2.05) is 6.92 Å². The molecule has 4 nitrogen and oxygen atoms in total. The number of carbonyl (C=O) groups is 1. The van der Waals surface area contributed by atoms with Crippen molar-refractivity contribution in [2.24, 2.45) is 17.8 Å². The van der Waals surface area contributed by atoms with Crippen molar-refractivity contribution in [3.63, 3.8) is 0 Å². The van der Waals surface area contributed by atoms with Gasteiger partial charge in [0.1, 0.15) is 0 Å². The van der Waals surface area contributed by atoms with Gasteiger partial charge in [0.25, 0.3) is 0 Å². The summed E-state index contributed by atoms with van der Waals surface area (Å²) in [5, 5.41) is 29.7. The first kappa shape index (κ1) is 22.2. The number of hydrogen-bond donors (Lipinski definition) is 3. The summed E-state index contributed by atoms with van der Waals surface area (Å²) in [5.41, 5.74) is 0.782. The Kier molecular flexibility index (Phi) is 8.56. The fourth-order valence-corrected chi connectivity index (χ4v) is 4.76. The summed E-state index contributed by atoms with van der Waals surface area (Å²) >= 11 is 0. The minimum absolute atomic E-state index is 0.175. The van der Waals surface area contributed by atoms with Crippen LogP contribution in [-0.2, 0) is 4.79 Å². The van der Waals surface area contributed by atoms with Gasteiger partial charge in [0.15, 0.2) is 0 Å². The third kappa shape index (κ3) is 7.08. The summed E-state index contributed by atoms with van der Waals surface area (Å²) in [6, 6.07) is 0. The lowest BCUT2D eigenvalue weighted by molar-refractivity contribution is -0.137. The Morgan fingerprint density at radius 1 is 1.30 bits per heavy atom. The quantitative estimate of drug-likeness (QED) is 0.335. The second kappa shape index (κ2) is 10.4. The maximum absolute atomic E-state index is 10.6. The van der Waals surface area contributed by atoms with Gasteiger partial charge in [0.05, 0.1) is 11.7 Å². The zero-order chi connectivity index (χ0) is 19.9. The number of aliphatic carboxylic acids is 1. The molecule has 1 fully saturated rings. The van der Waals surface area contributed by atoms with Crippen LogP contribution in [0.25, 0.3) is 0 Å². The predicted molar refractivity (Wildman–Crippen MR) is 108 cm³/mol. The Morgan fingerprint density at radius 2 is 2.07 bits per heavy atom. The van der Waals surface area contributed by atoms with Crippen LogP contribution < -0.4 is 0 Å². The number of carboxylic acid groups (broad SMARTS) is 1. The number of carboxylic acids is 1. The predicted octanol–water partition coefficient (Wildman–Crippen LogP) is 4.85. The first-order valence-electron chi connectivity index (χ1n) is 10.8. The molecule has 0 heterocycles. The van der Waals surface area contributed by atoms with Crippen LogP contribution in [0.2, 0.25) is 0 Å². The van der Waals surface area contributed by atoms with Crippen molar-refractivity contribution in [1.29, 1.82) is 0 Å². The van der Waals surface area contributed by atoms with Gasteiger partial charge in [-0.3, -0.25) is 4.79 Å². The van der Waals surface area contributed by atoms with Crippen LogP contribution in [0, 0.1) is 17.8 Å². The fourth-order valence-electron chi connectivity index (χ4n) is 4.76. The van der Waals surface area contributed by atoms with Crippen molar-refractivity contribution in [3.8, 4) is 0 Å². The molecule has 0 aromatic rings. The minimum atomic E-state index is -0.717. The van der Waals surface area contributed by atoms with Gasteiger partial charge < -0.3 is 15.3 Å². The van der Waals surface area contributed by atoms with Gasteiger partial charge in [-0.25, -0.2) is 0 Å². The van der Waals surface area contributed by atoms with Crippen molar-refractivity contribution in [2.45, 2.75) is 96.2 Å². The summed E-state index contributed by atoms with van der Waals surface area (Å²) < 4.78 is 0. The normalized spacial score (nSPS) is 29.7. The molecule has 0 amide bonds. The Labute approximate surface area is 164 Å². The highest BCUT2D eigenvalue weighted by molar-refractivity contribution is 5.66. The summed E-state index contributed by atoms with van der Waals surface area (Å²) in [6.07, 6.45) is 15.9. The molecule has 0 spiro atoms. The molecule has 1 saturated carbocycles. The lowest BCUT2D eigenvalue weighted by Gasteiger charge is -2.22. The molecule has 3 N–H and O–H groups in total. The zero-order valence-electron chi connectivity index (χ0n) is 17.1. The Balaban J connectivity index is 1.79. The number of rotatable bonds is 12. The second-order valence-corrected chi connectivity index (χ2v) is 8.92. The SMILES string of the molecule is CCCCCC(C)(O)C/C=C/[C@H]1[C@H]2CC(CCCCC(=O)O)=C[C@H]2C[C@@H]1O. The summed E-state index contributed by atoms with van der Waals surface area (Å²) in [7, 11) is 0. The van der Waals surface area contributed by atoms with Gasteiger partial charge in [-0.1, -0.05) is 50.0 Å². The van der Waals surface area contributed by atoms with Gasteiger partial charge in [-0.05, 0) is 63.7 Å². The number of fused-ring (bicyclic) bond motifs is 1. The van der Waals surface area contributed by atoms with E-state index in [0.717, 1.165) is 57.8 Å². The molecular weight excluding hydrogens is 340 g/mol. The van der Waals surface area contributed by atoms with E-state index in [4.69, 9.17) is 5.11 Å². The number of aliphatic hydroxyl groups is 2. The topological polar surface area (TPSA) is 77.8 Å². The summed E-state index contributed by atoms with van der Waals surface area (Å²) in [6.45, 7) is 4.08. The van der Waals surface area contributed by atoms with E-state index >= 15 is 0 Å². The second-order valence-electron chi connectivity index (χ2n) is 8.92. The monoisotopic (exact) mass is 378 g/mol. The average molecular weight is 379 g/mol. The molecule has 0 bridgehead atoms. The van der Waals surface area contributed by atoms with Crippen molar-refractivity contribution in [3.05, 3.63) is 23.8 Å². The van der Waals surface area contributed by atoms with Crippen LogP contribution in [0.3, 0.4) is 0 Å². The van der Waals surface area contributed by atoms with E-state index in [2.05, 4.69) is 25.2 Å². The van der Waals surface area contributed by atoms with Gasteiger partial charge in [0.2, 0.25) is 0 Å². The van der Waals surface area contributed by atoms with Crippen molar-refractivity contribution in [2.75, 3.05) is 0 Å². The molecule has 5 atom stereocenters. The van der Waals surface area contributed by atoms with Crippen molar-refractivity contribution in [1.82, 2.24) is 0 Å². The molecule has 2 aliphatic rings. The maximum Gasteiger partial charge on any atom is 0.303 e. The molecule has 1 unspecified atom stereocenters. The van der Waals surface area contributed by atoms with E-state index in [1.165, 1.54) is 5.57 Å². The highest BCUT2D eigenvalue weighted by Gasteiger charge is 2.43. The van der Waals surface area contributed by atoms with Crippen molar-refractivity contribution >= 4 is 5.97 Å². The van der Waals surface area contributed by atoms with E-state index in [0.29, 0.717) is 18.3 Å². The Bertz CT molecular complexity index is 534. The van der Waals surface area contributed by atoms with Crippen LogP contribution in [-0.4, -0.2) is 33.0 Å². The molecule has 4 heteroatoms. The minimum Gasteiger partial charge on any atom is -0.481 e. The third-order valence-electron chi connectivity index (χ3n) is 6.32. The number of aliphatic hydroxyl groups excluding tert-OH is 1. The smallest absolute Gasteiger partial charge is 0.303 e. The lowest BCUT2D eigenvalue weighted by atomic mass is 9.87. The number of hydrogen-bond acceptors (Lipinski definition) is 3. The molecule has 27 heavy (non-hydrogen) atoms. The third-order valence-corrected chi connectivity index (χ3v) is 6.32. The van der Waals surface area contributed by atoms with Gasteiger partial charge in [-0.2, -0.15) is 0 Å². The van der Waals surface area contributed by atoms with Gasteiger partial charge >= 0.3 is 5.97 Å². The molecule has 154 valence electrons.